The Morgan fingerprint density at radius 1 is 1.31 bits per heavy atom. The van der Waals surface area contributed by atoms with Crippen LogP contribution in [0.2, 0.25) is 5.02 Å². The minimum Gasteiger partial charge on any atom is -0.366 e. The van der Waals surface area contributed by atoms with Gasteiger partial charge in [0.15, 0.2) is 0 Å². The van der Waals surface area contributed by atoms with E-state index < -0.39 is 5.91 Å². The summed E-state index contributed by atoms with van der Waals surface area (Å²) in [4.78, 5) is 21.7. The molecule has 7 heteroatoms. The molecule has 0 bridgehead atoms. The van der Waals surface area contributed by atoms with Crippen molar-refractivity contribution in [3.63, 3.8) is 0 Å². The van der Waals surface area contributed by atoms with E-state index in [4.69, 9.17) is 17.3 Å². The van der Waals surface area contributed by atoms with Gasteiger partial charge in [0, 0.05) is 11.9 Å². The van der Waals surface area contributed by atoms with E-state index in [2.05, 4.69) is 5.32 Å². The number of anilines is 1. The molecule has 0 aromatic heterocycles. The number of benzene rings is 1. The summed E-state index contributed by atoms with van der Waals surface area (Å²) in [5.41, 5.74) is 5.68. The SMILES string of the molecule is CC(=O)Nc1ccc(Cl)cc1C(N)=O.Cl.Cl. The van der Waals surface area contributed by atoms with Gasteiger partial charge in [-0.2, -0.15) is 0 Å². The second kappa shape index (κ2) is 7.33. The molecule has 0 saturated carbocycles. The van der Waals surface area contributed by atoms with E-state index >= 15 is 0 Å². The lowest BCUT2D eigenvalue weighted by Gasteiger charge is -2.06. The average molecular weight is 286 g/mol. The van der Waals surface area contributed by atoms with Crippen molar-refractivity contribution >= 4 is 53.9 Å². The zero-order valence-electron chi connectivity index (χ0n) is 8.32. The van der Waals surface area contributed by atoms with Gasteiger partial charge in [0.2, 0.25) is 5.91 Å². The Morgan fingerprint density at radius 3 is 2.31 bits per heavy atom. The van der Waals surface area contributed by atoms with Gasteiger partial charge in [0.25, 0.3) is 5.91 Å². The molecule has 3 N–H and O–H groups in total. The Labute approximate surface area is 110 Å². The van der Waals surface area contributed by atoms with E-state index in [0.717, 1.165) is 0 Å². The Kier molecular flexibility index (Phi) is 7.98. The third-order valence-electron chi connectivity index (χ3n) is 1.56. The zero-order valence-corrected chi connectivity index (χ0v) is 10.7. The van der Waals surface area contributed by atoms with E-state index in [1.54, 1.807) is 6.07 Å². The number of amides is 2. The molecule has 0 radical (unpaired) electrons. The quantitative estimate of drug-likeness (QED) is 0.874. The summed E-state index contributed by atoms with van der Waals surface area (Å²) in [5, 5.41) is 2.88. The third kappa shape index (κ3) is 4.70. The van der Waals surface area contributed by atoms with E-state index in [0.29, 0.717) is 10.7 Å². The van der Waals surface area contributed by atoms with Crippen LogP contribution >= 0.6 is 36.4 Å². The molecule has 0 aliphatic rings. The fraction of sp³-hybridized carbons (Fsp3) is 0.111. The fourth-order valence-corrected chi connectivity index (χ4v) is 1.19. The summed E-state index contributed by atoms with van der Waals surface area (Å²) in [6, 6.07) is 4.51. The van der Waals surface area contributed by atoms with Crippen LogP contribution in [0, 0.1) is 0 Å². The number of rotatable bonds is 2. The third-order valence-corrected chi connectivity index (χ3v) is 1.79. The molecule has 0 heterocycles. The number of hydrogen-bond acceptors (Lipinski definition) is 2. The Bertz CT molecular complexity index is 396. The first-order chi connectivity index (χ1) is 6.50. The van der Waals surface area contributed by atoms with Crippen molar-refractivity contribution in [3.05, 3.63) is 28.8 Å². The van der Waals surface area contributed by atoms with Crippen LogP contribution in [0.1, 0.15) is 17.3 Å². The second-order valence-corrected chi connectivity index (χ2v) is 3.17. The van der Waals surface area contributed by atoms with E-state index in [-0.39, 0.29) is 36.3 Å². The number of hydrogen-bond donors (Lipinski definition) is 2. The Morgan fingerprint density at radius 2 is 1.88 bits per heavy atom. The van der Waals surface area contributed by atoms with Gasteiger partial charge in [0.05, 0.1) is 11.3 Å². The highest BCUT2D eigenvalue weighted by Gasteiger charge is 2.09. The van der Waals surface area contributed by atoms with Crippen molar-refractivity contribution in [3.8, 4) is 0 Å². The second-order valence-electron chi connectivity index (χ2n) is 2.74. The zero-order chi connectivity index (χ0) is 10.7. The van der Waals surface area contributed by atoms with Crippen LogP contribution in [0.4, 0.5) is 5.69 Å². The summed E-state index contributed by atoms with van der Waals surface area (Å²) < 4.78 is 0. The van der Waals surface area contributed by atoms with Crippen molar-refractivity contribution in [2.45, 2.75) is 6.92 Å². The first kappa shape index (κ1) is 17.4. The molecule has 1 aromatic carbocycles. The van der Waals surface area contributed by atoms with Gasteiger partial charge >= 0.3 is 0 Å². The molecule has 90 valence electrons. The predicted molar refractivity (Wildman–Crippen MR) is 68.8 cm³/mol. The molecule has 0 fully saturated rings. The van der Waals surface area contributed by atoms with Crippen LogP contribution in [0.25, 0.3) is 0 Å². The van der Waals surface area contributed by atoms with Crippen molar-refractivity contribution < 1.29 is 9.59 Å². The van der Waals surface area contributed by atoms with Crippen LogP contribution in [0.3, 0.4) is 0 Å². The highest BCUT2D eigenvalue weighted by Crippen LogP contribution is 2.20. The summed E-state index contributed by atoms with van der Waals surface area (Å²) in [5.74, 6) is -0.897. The Balaban J connectivity index is 0. The smallest absolute Gasteiger partial charge is 0.250 e. The molecule has 0 unspecified atom stereocenters. The van der Waals surface area contributed by atoms with Gasteiger partial charge in [-0.3, -0.25) is 9.59 Å². The maximum atomic E-state index is 11.0. The van der Waals surface area contributed by atoms with Gasteiger partial charge in [0.1, 0.15) is 0 Å². The summed E-state index contributed by atoms with van der Waals surface area (Å²) >= 11 is 5.68. The largest absolute Gasteiger partial charge is 0.366 e. The summed E-state index contributed by atoms with van der Waals surface area (Å²) in [7, 11) is 0. The lowest BCUT2D eigenvalue weighted by molar-refractivity contribution is -0.114. The molecule has 0 aliphatic carbocycles. The highest BCUT2D eigenvalue weighted by atomic mass is 35.5. The van der Waals surface area contributed by atoms with E-state index in [1.165, 1.54) is 19.1 Å². The summed E-state index contributed by atoms with van der Waals surface area (Å²) in [6.07, 6.45) is 0. The van der Waals surface area contributed by atoms with Crippen molar-refractivity contribution in [2.24, 2.45) is 5.73 Å². The van der Waals surface area contributed by atoms with Crippen LogP contribution in [-0.2, 0) is 4.79 Å². The number of primary amides is 1. The molecule has 0 spiro atoms. The normalized spacial score (nSPS) is 8.38. The fourth-order valence-electron chi connectivity index (χ4n) is 1.02. The lowest BCUT2D eigenvalue weighted by atomic mass is 10.1. The minimum atomic E-state index is -0.628. The Hall–Kier alpha value is -0.970. The van der Waals surface area contributed by atoms with E-state index in [9.17, 15) is 9.59 Å². The van der Waals surface area contributed by atoms with Gasteiger partial charge in [-0.15, -0.1) is 24.8 Å². The van der Waals surface area contributed by atoms with E-state index in [1.807, 2.05) is 0 Å². The molecule has 1 rings (SSSR count). The monoisotopic (exact) mass is 284 g/mol. The van der Waals surface area contributed by atoms with Crippen LogP contribution in [0.15, 0.2) is 18.2 Å². The van der Waals surface area contributed by atoms with Gasteiger partial charge in [-0.1, -0.05) is 11.6 Å². The maximum absolute atomic E-state index is 11.0. The van der Waals surface area contributed by atoms with Crippen molar-refractivity contribution in [1.82, 2.24) is 0 Å². The van der Waals surface area contributed by atoms with Gasteiger partial charge in [-0.25, -0.2) is 0 Å². The average Bonchev–Trinajstić information content (AvgIpc) is 2.07. The molecule has 2 amide bonds. The van der Waals surface area contributed by atoms with Crippen LogP contribution < -0.4 is 11.1 Å². The summed E-state index contributed by atoms with van der Waals surface area (Å²) in [6.45, 7) is 1.35. The van der Waals surface area contributed by atoms with Crippen LogP contribution in [0.5, 0.6) is 0 Å². The number of nitrogens with two attached hydrogens (primary N) is 1. The van der Waals surface area contributed by atoms with Gasteiger partial charge < -0.3 is 11.1 Å². The molecule has 0 aliphatic heterocycles. The first-order valence-corrected chi connectivity index (χ1v) is 4.25. The van der Waals surface area contributed by atoms with Crippen LogP contribution in [-0.4, -0.2) is 11.8 Å². The highest BCUT2D eigenvalue weighted by molar-refractivity contribution is 6.31. The minimum absolute atomic E-state index is 0. The maximum Gasteiger partial charge on any atom is 0.250 e. The molecular formula is C9H11Cl3N2O2. The predicted octanol–water partition coefficient (Wildman–Crippen LogP) is 2.24. The number of nitrogens with one attached hydrogen (secondary N) is 1. The van der Waals surface area contributed by atoms with Crippen molar-refractivity contribution in [1.29, 1.82) is 0 Å². The molecular weight excluding hydrogens is 274 g/mol. The van der Waals surface area contributed by atoms with Crippen molar-refractivity contribution in [2.75, 3.05) is 5.32 Å². The molecule has 0 saturated heterocycles. The number of halogens is 3. The number of carbonyl (C=O) groups is 2. The standard InChI is InChI=1S/C9H9ClN2O2.2ClH/c1-5(13)12-8-3-2-6(10)4-7(8)9(11)14;;/h2-4H,1H3,(H2,11,14)(H,12,13);2*1H. The molecule has 16 heavy (non-hydrogen) atoms. The first-order valence-electron chi connectivity index (χ1n) is 3.87. The molecule has 4 nitrogen and oxygen atoms in total. The lowest BCUT2D eigenvalue weighted by Crippen LogP contribution is -2.16. The molecule has 0 atom stereocenters. The number of carbonyl (C=O) groups excluding carboxylic acids is 2. The topological polar surface area (TPSA) is 72.2 Å². The molecule has 1 aromatic rings. The van der Waals surface area contributed by atoms with Gasteiger partial charge in [-0.05, 0) is 18.2 Å².